The van der Waals surface area contributed by atoms with Gasteiger partial charge in [-0.3, -0.25) is 0 Å². The highest BCUT2D eigenvalue weighted by Crippen LogP contribution is 2.37. The second-order valence-corrected chi connectivity index (χ2v) is 7.61. The lowest BCUT2D eigenvalue weighted by Crippen LogP contribution is -1.98. The fraction of sp³-hybridized carbons (Fsp3) is 0.407. The molecular weight excluding hydrogens is 324 g/mol. The van der Waals surface area contributed by atoms with E-state index in [0.717, 1.165) is 6.42 Å². The molecule has 146 valence electrons. The molecule has 0 bridgehead atoms. The lowest BCUT2D eigenvalue weighted by molar-refractivity contribution is 0.643. The molecule has 2 aromatic carbocycles. The molecule has 2 aromatic rings. The average Bonchev–Trinajstić information content (AvgIpc) is 2.79. The quantitative estimate of drug-likeness (QED) is 0.434. The van der Waals surface area contributed by atoms with Gasteiger partial charge in [-0.15, -0.1) is 0 Å². The summed E-state index contributed by atoms with van der Waals surface area (Å²) in [5, 5.41) is 0. The van der Waals surface area contributed by atoms with Crippen LogP contribution in [0, 0.1) is 5.92 Å². The van der Waals surface area contributed by atoms with E-state index < -0.39 is 0 Å². The molecule has 0 saturated heterocycles. The summed E-state index contributed by atoms with van der Waals surface area (Å²) in [6.07, 6.45) is 9.69. The first-order valence-corrected chi connectivity index (χ1v) is 10.1. The van der Waals surface area contributed by atoms with Crippen molar-refractivity contribution in [3.8, 4) is 0 Å². The van der Waals surface area contributed by atoms with Gasteiger partial charge < -0.3 is 0 Å². The van der Waals surface area contributed by atoms with Crippen molar-refractivity contribution in [2.45, 2.75) is 67.7 Å². The predicted octanol–water partition coefficient (Wildman–Crippen LogP) is 8.87. The molecule has 0 heterocycles. The Morgan fingerprint density at radius 1 is 0.778 bits per heavy atom. The van der Waals surface area contributed by atoms with Crippen LogP contribution in [0.25, 0.3) is 17.7 Å². The van der Waals surface area contributed by atoms with E-state index in [9.17, 15) is 0 Å². The maximum Gasteiger partial charge on any atom is -0.0106 e. The molecule has 0 spiro atoms. The van der Waals surface area contributed by atoms with Crippen molar-refractivity contribution in [2.24, 2.45) is 5.92 Å². The monoisotopic (exact) mass is 362 g/mol. The Bertz CT molecular complexity index is 706. The number of rotatable bonds is 4. The molecule has 0 radical (unpaired) electrons. The lowest BCUT2D eigenvalue weighted by atomic mass is 9.87. The Morgan fingerprint density at radius 2 is 1.22 bits per heavy atom. The standard InChI is InChI=1S/C21H22.C5H12.CH4/c1-15(2)14-16(3)21-19-10-6-4-8-17(19)12-13-18-9-5-7-11-20(18)21;1-3-5-4-2;/h4-13,15H,14H2,1-3H3;3-5H2,1-2H3;1H4. The van der Waals surface area contributed by atoms with Gasteiger partial charge in [0.2, 0.25) is 0 Å². The summed E-state index contributed by atoms with van der Waals surface area (Å²) in [5.41, 5.74) is 8.24. The molecule has 0 amide bonds. The summed E-state index contributed by atoms with van der Waals surface area (Å²) < 4.78 is 0. The minimum absolute atomic E-state index is 0. The minimum Gasteiger partial charge on any atom is -0.0776 e. The molecule has 0 fully saturated rings. The van der Waals surface area contributed by atoms with E-state index in [2.05, 4.69) is 95.3 Å². The Hall–Kier alpha value is -2.08. The molecule has 0 saturated carbocycles. The molecule has 0 atom stereocenters. The molecule has 0 nitrogen and oxygen atoms in total. The summed E-state index contributed by atoms with van der Waals surface area (Å²) in [4.78, 5) is 0. The van der Waals surface area contributed by atoms with Crippen molar-refractivity contribution in [3.05, 3.63) is 76.4 Å². The molecule has 27 heavy (non-hydrogen) atoms. The SMILES string of the molecule is C.CC(CC(C)C)=C1c2ccccc2C=Cc2ccccc21.CCCCC. The molecule has 3 rings (SSSR count). The van der Waals surface area contributed by atoms with Gasteiger partial charge >= 0.3 is 0 Å². The molecule has 0 heteroatoms. The van der Waals surface area contributed by atoms with Crippen molar-refractivity contribution < 1.29 is 0 Å². The van der Waals surface area contributed by atoms with Gasteiger partial charge in [-0.2, -0.15) is 0 Å². The highest BCUT2D eigenvalue weighted by Gasteiger charge is 2.17. The zero-order chi connectivity index (χ0) is 18.9. The van der Waals surface area contributed by atoms with Crippen LogP contribution in [0.4, 0.5) is 0 Å². The largest absolute Gasteiger partial charge is 0.0776 e. The Morgan fingerprint density at radius 3 is 1.59 bits per heavy atom. The second-order valence-electron chi connectivity index (χ2n) is 7.61. The smallest absolute Gasteiger partial charge is 0.0106 e. The molecule has 1 aliphatic rings. The molecule has 0 aromatic heterocycles. The van der Waals surface area contributed by atoms with Gasteiger partial charge in [0.1, 0.15) is 0 Å². The second kappa shape index (κ2) is 11.6. The third-order valence-electron chi connectivity index (χ3n) is 4.75. The van der Waals surface area contributed by atoms with Crippen molar-refractivity contribution in [1.29, 1.82) is 0 Å². The summed E-state index contributed by atoms with van der Waals surface area (Å²) in [5.74, 6) is 0.674. The van der Waals surface area contributed by atoms with Crippen molar-refractivity contribution >= 4 is 17.7 Å². The van der Waals surface area contributed by atoms with Crippen LogP contribution in [-0.4, -0.2) is 0 Å². The van der Waals surface area contributed by atoms with Gasteiger partial charge in [0.25, 0.3) is 0 Å². The molecular formula is C27H38. The topological polar surface area (TPSA) is 0 Å². The van der Waals surface area contributed by atoms with Crippen molar-refractivity contribution in [2.75, 3.05) is 0 Å². The van der Waals surface area contributed by atoms with Crippen LogP contribution >= 0.6 is 0 Å². The van der Waals surface area contributed by atoms with Crippen LogP contribution in [-0.2, 0) is 0 Å². The Kier molecular flexibility index (Phi) is 9.86. The van der Waals surface area contributed by atoms with Gasteiger partial charge in [-0.1, -0.05) is 121 Å². The highest BCUT2D eigenvalue weighted by molar-refractivity contribution is 5.94. The normalized spacial score (nSPS) is 11.6. The first kappa shape index (κ1) is 23.0. The molecule has 0 aliphatic heterocycles. The number of benzene rings is 2. The first-order chi connectivity index (χ1) is 12.6. The van der Waals surface area contributed by atoms with Gasteiger partial charge in [0.15, 0.2) is 0 Å². The van der Waals surface area contributed by atoms with Crippen LogP contribution in [0.2, 0.25) is 0 Å². The minimum atomic E-state index is 0. The number of fused-ring (bicyclic) bond motifs is 2. The third kappa shape index (κ3) is 6.24. The van der Waals surface area contributed by atoms with Crippen LogP contribution in [0.1, 0.15) is 90.0 Å². The van der Waals surface area contributed by atoms with Crippen LogP contribution in [0.5, 0.6) is 0 Å². The molecule has 0 unspecified atom stereocenters. The molecule has 0 N–H and O–H groups in total. The third-order valence-corrected chi connectivity index (χ3v) is 4.75. The van der Waals surface area contributed by atoms with Gasteiger partial charge in [0, 0.05) is 0 Å². The van der Waals surface area contributed by atoms with E-state index in [-0.39, 0.29) is 7.43 Å². The van der Waals surface area contributed by atoms with Crippen LogP contribution in [0.3, 0.4) is 0 Å². The fourth-order valence-corrected chi connectivity index (χ4v) is 3.59. The van der Waals surface area contributed by atoms with Crippen molar-refractivity contribution in [1.82, 2.24) is 0 Å². The van der Waals surface area contributed by atoms with Crippen LogP contribution in [0.15, 0.2) is 54.1 Å². The predicted molar refractivity (Wildman–Crippen MR) is 125 cm³/mol. The van der Waals surface area contributed by atoms with Gasteiger partial charge in [-0.25, -0.2) is 0 Å². The van der Waals surface area contributed by atoms with E-state index in [1.807, 2.05) is 0 Å². The molecule has 1 aliphatic carbocycles. The number of unbranched alkanes of at least 4 members (excludes halogenated alkanes) is 2. The lowest BCUT2D eigenvalue weighted by Gasteiger charge is -2.17. The number of hydrogen-bond acceptors (Lipinski definition) is 0. The first-order valence-electron chi connectivity index (χ1n) is 10.1. The maximum atomic E-state index is 2.29. The Labute approximate surface area is 168 Å². The van der Waals surface area contributed by atoms with E-state index in [1.54, 1.807) is 0 Å². The summed E-state index contributed by atoms with van der Waals surface area (Å²) >= 11 is 0. The summed E-state index contributed by atoms with van der Waals surface area (Å²) in [6.45, 7) is 11.3. The average molecular weight is 363 g/mol. The highest BCUT2D eigenvalue weighted by atomic mass is 14.2. The maximum absolute atomic E-state index is 2.29. The van der Waals surface area contributed by atoms with E-state index in [0.29, 0.717) is 5.92 Å². The summed E-state index contributed by atoms with van der Waals surface area (Å²) in [7, 11) is 0. The van der Waals surface area contributed by atoms with Gasteiger partial charge in [0.05, 0.1) is 0 Å². The van der Waals surface area contributed by atoms with E-state index in [4.69, 9.17) is 0 Å². The zero-order valence-electron chi connectivity index (χ0n) is 17.2. The summed E-state index contributed by atoms with van der Waals surface area (Å²) in [6, 6.07) is 17.4. The number of hydrogen-bond donors (Lipinski definition) is 0. The Balaban J connectivity index is 0.000000542. The van der Waals surface area contributed by atoms with E-state index in [1.165, 1.54) is 52.7 Å². The fourth-order valence-electron chi connectivity index (χ4n) is 3.59. The zero-order valence-corrected chi connectivity index (χ0v) is 17.2. The van der Waals surface area contributed by atoms with Gasteiger partial charge in [-0.05, 0) is 47.1 Å². The van der Waals surface area contributed by atoms with Crippen LogP contribution < -0.4 is 0 Å². The van der Waals surface area contributed by atoms with Crippen molar-refractivity contribution in [3.63, 3.8) is 0 Å². The van der Waals surface area contributed by atoms with E-state index >= 15 is 0 Å². The number of allylic oxidation sites excluding steroid dienone is 1.